The van der Waals surface area contributed by atoms with Crippen molar-refractivity contribution in [2.75, 3.05) is 19.8 Å². The molecule has 3 rings (SSSR count). The molecule has 0 unspecified atom stereocenters. The average Bonchev–Trinajstić information content (AvgIpc) is 3.06. The molecule has 0 bridgehead atoms. The molecule has 6 heteroatoms. The third-order valence-corrected chi connectivity index (χ3v) is 3.91. The molecule has 28 heavy (non-hydrogen) atoms. The minimum Gasteiger partial charge on any atom is -0.494 e. The molecule has 1 aliphatic rings. The van der Waals surface area contributed by atoms with Crippen LogP contribution in [0.5, 0.6) is 17.2 Å². The number of esters is 1. The maximum Gasteiger partial charge on any atom is 0.363 e. The zero-order valence-electron chi connectivity index (χ0n) is 16.2. The average molecular weight is 381 g/mol. The van der Waals surface area contributed by atoms with Gasteiger partial charge in [-0.25, -0.2) is 9.79 Å². The van der Waals surface area contributed by atoms with Gasteiger partial charge in [0, 0.05) is 5.56 Å². The third kappa shape index (κ3) is 4.52. The zero-order valence-corrected chi connectivity index (χ0v) is 16.2. The second-order valence-electron chi connectivity index (χ2n) is 5.87. The van der Waals surface area contributed by atoms with Crippen LogP contribution >= 0.6 is 0 Å². The number of hydrogen-bond acceptors (Lipinski definition) is 6. The minimum absolute atomic E-state index is 0.242. The van der Waals surface area contributed by atoms with Gasteiger partial charge < -0.3 is 18.9 Å². The van der Waals surface area contributed by atoms with E-state index in [0.29, 0.717) is 36.9 Å². The van der Waals surface area contributed by atoms with Gasteiger partial charge in [0.1, 0.15) is 5.75 Å². The zero-order chi connectivity index (χ0) is 19.9. The number of benzene rings is 2. The highest BCUT2D eigenvalue weighted by Crippen LogP contribution is 2.30. The van der Waals surface area contributed by atoms with Crippen LogP contribution in [0.25, 0.3) is 6.08 Å². The van der Waals surface area contributed by atoms with Crippen LogP contribution in [-0.2, 0) is 9.53 Å². The Balaban J connectivity index is 1.85. The summed E-state index contributed by atoms with van der Waals surface area (Å²) >= 11 is 0. The second kappa shape index (κ2) is 9.08. The quantitative estimate of drug-likeness (QED) is 0.506. The lowest BCUT2D eigenvalue weighted by Crippen LogP contribution is -2.06. The summed E-state index contributed by atoms with van der Waals surface area (Å²) in [5.74, 6) is 1.76. The monoisotopic (exact) mass is 381 g/mol. The lowest BCUT2D eigenvalue weighted by molar-refractivity contribution is -0.129. The first-order valence-electron chi connectivity index (χ1n) is 9.30. The van der Waals surface area contributed by atoms with E-state index in [9.17, 15) is 4.79 Å². The smallest absolute Gasteiger partial charge is 0.363 e. The molecule has 0 radical (unpaired) electrons. The number of cyclic esters (lactones) is 1. The SMILES string of the molecule is CCOc1ccc(/C=C2\N=C(c3ccc(OCC)c(OCC)c3)OC2=O)cc1. The summed E-state index contributed by atoms with van der Waals surface area (Å²) in [5, 5.41) is 0. The van der Waals surface area contributed by atoms with Crippen LogP contribution in [0.1, 0.15) is 31.9 Å². The van der Waals surface area contributed by atoms with Gasteiger partial charge in [-0.2, -0.15) is 0 Å². The first kappa shape index (κ1) is 19.5. The largest absolute Gasteiger partial charge is 0.494 e. The molecule has 0 spiro atoms. The van der Waals surface area contributed by atoms with E-state index in [0.717, 1.165) is 11.3 Å². The van der Waals surface area contributed by atoms with E-state index in [1.54, 1.807) is 24.3 Å². The first-order valence-corrected chi connectivity index (χ1v) is 9.30. The summed E-state index contributed by atoms with van der Waals surface area (Å²) in [5.41, 5.74) is 1.73. The van der Waals surface area contributed by atoms with Crippen molar-refractivity contribution in [3.05, 3.63) is 59.3 Å². The molecule has 0 atom stereocenters. The number of hydrogen-bond donors (Lipinski definition) is 0. The Labute approximate surface area is 164 Å². The van der Waals surface area contributed by atoms with Gasteiger partial charge in [-0.05, 0) is 62.7 Å². The number of ether oxygens (including phenoxy) is 4. The highest BCUT2D eigenvalue weighted by molar-refractivity contribution is 6.13. The highest BCUT2D eigenvalue weighted by atomic mass is 16.6. The van der Waals surface area contributed by atoms with Crippen molar-refractivity contribution in [1.29, 1.82) is 0 Å². The predicted octanol–water partition coefficient (Wildman–Crippen LogP) is 4.23. The van der Waals surface area contributed by atoms with Gasteiger partial charge in [0.25, 0.3) is 0 Å². The topological polar surface area (TPSA) is 66.3 Å². The van der Waals surface area contributed by atoms with Gasteiger partial charge in [-0.15, -0.1) is 0 Å². The summed E-state index contributed by atoms with van der Waals surface area (Å²) in [6, 6.07) is 12.8. The van der Waals surface area contributed by atoms with Crippen LogP contribution in [0.15, 0.2) is 53.2 Å². The second-order valence-corrected chi connectivity index (χ2v) is 5.87. The molecule has 0 fully saturated rings. The van der Waals surface area contributed by atoms with Crippen molar-refractivity contribution in [2.45, 2.75) is 20.8 Å². The van der Waals surface area contributed by atoms with Crippen molar-refractivity contribution < 1.29 is 23.7 Å². The summed E-state index contributed by atoms with van der Waals surface area (Å²) < 4.78 is 22.0. The number of carbonyl (C=O) groups is 1. The van der Waals surface area contributed by atoms with E-state index in [1.807, 2.05) is 45.0 Å². The van der Waals surface area contributed by atoms with E-state index in [-0.39, 0.29) is 11.6 Å². The molecule has 2 aromatic carbocycles. The fourth-order valence-electron chi connectivity index (χ4n) is 2.70. The number of aliphatic imine (C=N–C) groups is 1. The van der Waals surface area contributed by atoms with Crippen LogP contribution in [0.4, 0.5) is 0 Å². The number of rotatable bonds is 8. The Morgan fingerprint density at radius 3 is 2.25 bits per heavy atom. The molecule has 1 aliphatic heterocycles. The van der Waals surface area contributed by atoms with Gasteiger partial charge in [-0.3, -0.25) is 0 Å². The van der Waals surface area contributed by atoms with Crippen LogP contribution in [0, 0.1) is 0 Å². The van der Waals surface area contributed by atoms with Crippen molar-refractivity contribution in [1.82, 2.24) is 0 Å². The Morgan fingerprint density at radius 1 is 0.893 bits per heavy atom. The Bertz CT molecular complexity index is 900. The molecular formula is C22H23NO5. The molecule has 0 N–H and O–H groups in total. The molecule has 1 heterocycles. The fourth-order valence-corrected chi connectivity index (χ4v) is 2.70. The van der Waals surface area contributed by atoms with Crippen molar-refractivity contribution in [3.8, 4) is 17.2 Å². The summed E-state index contributed by atoms with van der Waals surface area (Å²) in [6.07, 6.45) is 1.68. The molecule has 2 aromatic rings. The predicted molar refractivity (Wildman–Crippen MR) is 107 cm³/mol. The normalized spacial score (nSPS) is 14.6. The van der Waals surface area contributed by atoms with Crippen molar-refractivity contribution in [3.63, 3.8) is 0 Å². The maximum absolute atomic E-state index is 12.2. The first-order chi connectivity index (χ1) is 13.6. The van der Waals surface area contributed by atoms with Crippen molar-refractivity contribution in [2.24, 2.45) is 4.99 Å². The van der Waals surface area contributed by atoms with Gasteiger partial charge in [0.05, 0.1) is 19.8 Å². The molecule has 0 aromatic heterocycles. The fraction of sp³-hybridized carbons (Fsp3) is 0.273. The van der Waals surface area contributed by atoms with Crippen molar-refractivity contribution >= 4 is 17.9 Å². The maximum atomic E-state index is 12.2. The summed E-state index contributed by atoms with van der Waals surface area (Å²) in [7, 11) is 0. The molecule has 0 saturated heterocycles. The van der Waals surface area contributed by atoms with E-state index in [4.69, 9.17) is 18.9 Å². The van der Waals surface area contributed by atoms with Gasteiger partial charge in [0.2, 0.25) is 5.90 Å². The Hall–Kier alpha value is -3.28. The minimum atomic E-state index is -0.490. The molecule has 0 amide bonds. The van der Waals surface area contributed by atoms with E-state index in [2.05, 4.69) is 4.99 Å². The molecule has 0 saturated carbocycles. The molecule has 146 valence electrons. The summed E-state index contributed by atoms with van der Waals surface area (Å²) in [4.78, 5) is 16.6. The van der Waals surface area contributed by atoms with E-state index < -0.39 is 5.97 Å². The molecule has 6 nitrogen and oxygen atoms in total. The standard InChI is InChI=1S/C22H23NO5/c1-4-25-17-10-7-15(8-11-17)13-18-22(24)28-21(23-18)16-9-12-19(26-5-2)20(14-16)27-6-3/h7-14H,4-6H2,1-3H3/b18-13-. The Kier molecular flexibility index (Phi) is 6.32. The van der Waals surface area contributed by atoms with Gasteiger partial charge >= 0.3 is 5.97 Å². The van der Waals surface area contributed by atoms with Crippen LogP contribution < -0.4 is 14.2 Å². The van der Waals surface area contributed by atoms with Gasteiger partial charge in [-0.1, -0.05) is 12.1 Å². The number of nitrogens with zero attached hydrogens (tertiary/aromatic N) is 1. The number of carbonyl (C=O) groups excluding carboxylic acids is 1. The van der Waals surface area contributed by atoms with Gasteiger partial charge in [0.15, 0.2) is 17.2 Å². The lowest BCUT2D eigenvalue weighted by atomic mass is 10.2. The van der Waals surface area contributed by atoms with E-state index >= 15 is 0 Å². The highest BCUT2D eigenvalue weighted by Gasteiger charge is 2.25. The van der Waals surface area contributed by atoms with Crippen LogP contribution in [-0.4, -0.2) is 31.7 Å². The van der Waals surface area contributed by atoms with E-state index in [1.165, 1.54) is 0 Å². The summed E-state index contributed by atoms with van der Waals surface area (Å²) in [6.45, 7) is 7.37. The van der Waals surface area contributed by atoms with Crippen LogP contribution in [0.3, 0.4) is 0 Å². The molecule has 0 aliphatic carbocycles. The van der Waals surface area contributed by atoms with Crippen LogP contribution in [0.2, 0.25) is 0 Å². The lowest BCUT2D eigenvalue weighted by Gasteiger charge is -2.11. The molecular weight excluding hydrogens is 358 g/mol. The third-order valence-electron chi connectivity index (χ3n) is 3.91. The Morgan fingerprint density at radius 2 is 1.57 bits per heavy atom.